The fraction of sp³-hybridized carbons (Fsp3) is 0.500. The van der Waals surface area contributed by atoms with Gasteiger partial charge in [-0.05, 0) is 43.7 Å². The van der Waals surface area contributed by atoms with Crippen molar-refractivity contribution in [3.63, 3.8) is 0 Å². The molecule has 0 aliphatic rings. The lowest BCUT2D eigenvalue weighted by atomic mass is 10.2. The van der Waals surface area contributed by atoms with Crippen LogP contribution in [0, 0.1) is 0 Å². The topological polar surface area (TPSA) is 44.5 Å². The molecule has 0 heterocycles. The molecule has 3 heteroatoms. The molecule has 0 aromatic heterocycles. The van der Waals surface area contributed by atoms with Crippen molar-refractivity contribution in [1.29, 1.82) is 0 Å². The number of nitrogens with two attached hydrogens (primary N) is 1. The molecule has 84 valence electrons. The molecule has 1 aromatic carbocycles. The van der Waals surface area contributed by atoms with E-state index in [-0.39, 0.29) is 6.10 Å². The van der Waals surface area contributed by atoms with Crippen LogP contribution in [-0.4, -0.2) is 19.8 Å². The van der Waals surface area contributed by atoms with Gasteiger partial charge in [-0.15, -0.1) is 0 Å². The van der Waals surface area contributed by atoms with E-state index < -0.39 is 0 Å². The molecule has 0 aliphatic heterocycles. The maximum atomic E-state index is 5.77. The fourth-order valence-corrected chi connectivity index (χ4v) is 1.38. The van der Waals surface area contributed by atoms with Crippen molar-refractivity contribution in [3.05, 3.63) is 24.3 Å². The van der Waals surface area contributed by atoms with E-state index in [1.807, 2.05) is 24.3 Å². The molecular weight excluding hydrogens is 190 g/mol. The molecule has 0 saturated heterocycles. The summed E-state index contributed by atoms with van der Waals surface area (Å²) in [4.78, 5) is 0. The van der Waals surface area contributed by atoms with Crippen LogP contribution in [0.25, 0.3) is 0 Å². The third-order valence-electron chi connectivity index (χ3n) is 2.31. The molecule has 3 nitrogen and oxygen atoms in total. The Morgan fingerprint density at radius 2 is 1.80 bits per heavy atom. The fourth-order valence-electron chi connectivity index (χ4n) is 1.38. The maximum absolute atomic E-state index is 5.77. The quantitative estimate of drug-likeness (QED) is 0.781. The Balaban J connectivity index is 2.55. The molecule has 0 amide bonds. The van der Waals surface area contributed by atoms with Crippen molar-refractivity contribution in [3.8, 4) is 11.5 Å². The van der Waals surface area contributed by atoms with Crippen LogP contribution in [0.2, 0.25) is 0 Å². The molecule has 0 radical (unpaired) electrons. The first kappa shape index (κ1) is 11.9. The number of benzene rings is 1. The normalized spacial score (nSPS) is 12.2. The molecule has 1 aromatic rings. The second-order valence-corrected chi connectivity index (χ2v) is 3.40. The highest BCUT2D eigenvalue weighted by atomic mass is 16.5. The summed E-state index contributed by atoms with van der Waals surface area (Å²) in [7, 11) is 1.65. The summed E-state index contributed by atoms with van der Waals surface area (Å²) in [6.45, 7) is 2.76. The standard InChI is InChI=1S/C12H19NO2/c1-3-10(8-9-13)15-12-6-4-11(14-2)5-7-12/h4-7,10H,3,8-9,13H2,1-2H3. The average Bonchev–Trinajstić information content (AvgIpc) is 2.29. The number of rotatable bonds is 6. The Bertz CT molecular complexity index is 271. The zero-order valence-electron chi connectivity index (χ0n) is 9.40. The second kappa shape index (κ2) is 6.30. The van der Waals surface area contributed by atoms with Crippen molar-refractivity contribution < 1.29 is 9.47 Å². The minimum atomic E-state index is 0.211. The van der Waals surface area contributed by atoms with E-state index in [4.69, 9.17) is 15.2 Å². The first-order chi connectivity index (χ1) is 7.30. The number of hydrogen-bond donors (Lipinski definition) is 1. The van der Waals surface area contributed by atoms with Gasteiger partial charge in [-0.2, -0.15) is 0 Å². The largest absolute Gasteiger partial charge is 0.497 e. The van der Waals surface area contributed by atoms with E-state index >= 15 is 0 Å². The zero-order chi connectivity index (χ0) is 11.1. The third-order valence-corrected chi connectivity index (χ3v) is 2.31. The Morgan fingerprint density at radius 1 is 1.20 bits per heavy atom. The van der Waals surface area contributed by atoms with Crippen molar-refractivity contribution in [2.24, 2.45) is 5.73 Å². The number of methoxy groups -OCH3 is 1. The summed E-state index contributed by atoms with van der Waals surface area (Å²) >= 11 is 0. The van der Waals surface area contributed by atoms with Gasteiger partial charge in [-0.25, -0.2) is 0 Å². The molecule has 15 heavy (non-hydrogen) atoms. The monoisotopic (exact) mass is 209 g/mol. The second-order valence-electron chi connectivity index (χ2n) is 3.40. The highest BCUT2D eigenvalue weighted by Gasteiger charge is 2.06. The molecule has 0 fully saturated rings. The lowest BCUT2D eigenvalue weighted by Gasteiger charge is -2.16. The Labute approximate surface area is 91.2 Å². The highest BCUT2D eigenvalue weighted by molar-refractivity contribution is 5.31. The minimum Gasteiger partial charge on any atom is -0.497 e. The summed E-state index contributed by atoms with van der Waals surface area (Å²) in [5.74, 6) is 1.71. The van der Waals surface area contributed by atoms with Crippen LogP contribution in [-0.2, 0) is 0 Å². The van der Waals surface area contributed by atoms with Crippen LogP contribution >= 0.6 is 0 Å². The average molecular weight is 209 g/mol. The first-order valence-electron chi connectivity index (χ1n) is 5.31. The van der Waals surface area contributed by atoms with E-state index in [2.05, 4.69) is 6.92 Å². The van der Waals surface area contributed by atoms with Gasteiger partial charge in [0.05, 0.1) is 13.2 Å². The van der Waals surface area contributed by atoms with Gasteiger partial charge in [0.2, 0.25) is 0 Å². The van der Waals surface area contributed by atoms with Crippen LogP contribution in [0.1, 0.15) is 19.8 Å². The molecule has 0 bridgehead atoms. The van der Waals surface area contributed by atoms with E-state index in [0.717, 1.165) is 24.3 Å². The number of hydrogen-bond acceptors (Lipinski definition) is 3. The molecule has 0 saturated carbocycles. The van der Waals surface area contributed by atoms with E-state index in [0.29, 0.717) is 6.54 Å². The van der Waals surface area contributed by atoms with Crippen LogP contribution in [0.4, 0.5) is 0 Å². The van der Waals surface area contributed by atoms with Gasteiger partial charge in [-0.3, -0.25) is 0 Å². The van der Waals surface area contributed by atoms with Gasteiger partial charge in [0, 0.05) is 0 Å². The minimum absolute atomic E-state index is 0.211. The Kier molecular flexibility index (Phi) is 4.98. The summed E-state index contributed by atoms with van der Waals surface area (Å²) < 4.78 is 10.8. The van der Waals surface area contributed by atoms with Gasteiger partial charge in [0.1, 0.15) is 11.5 Å². The van der Waals surface area contributed by atoms with Gasteiger partial charge >= 0.3 is 0 Å². The summed E-state index contributed by atoms with van der Waals surface area (Å²) in [5.41, 5.74) is 5.50. The van der Waals surface area contributed by atoms with Crippen LogP contribution in [0.5, 0.6) is 11.5 Å². The smallest absolute Gasteiger partial charge is 0.119 e. The van der Waals surface area contributed by atoms with Crippen LogP contribution in [0.15, 0.2) is 24.3 Å². The van der Waals surface area contributed by atoms with Crippen molar-refractivity contribution in [2.75, 3.05) is 13.7 Å². The lowest BCUT2D eigenvalue weighted by Crippen LogP contribution is -2.19. The summed E-state index contributed by atoms with van der Waals surface area (Å²) in [6.07, 6.45) is 2.08. The Hall–Kier alpha value is -1.22. The van der Waals surface area contributed by atoms with Gasteiger partial charge < -0.3 is 15.2 Å². The molecule has 2 N–H and O–H groups in total. The SMILES string of the molecule is CCC(CCN)Oc1ccc(OC)cc1. The predicted octanol–water partition coefficient (Wildman–Crippen LogP) is 2.20. The van der Waals surface area contributed by atoms with Crippen molar-refractivity contribution >= 4 is 0 Å². The zero-order valence-corrected chi connectivity index (χ0v) is 9.40. The van der Waals surface area contributed by atoms with Crippen molar-refractivity contribution in [2.45, 2.75) is 25.9 Å². The van der Waals surface area contributed by atoms with E-state index in [1.54, 1.807) is 7.11 Å². The van der Waals surface area contributed by atoms with Crippen LogP contribution < -0.4 is 15.2 Å². The third kappa shape index (κ3) is 3.80. The van der Waals surface area contributed by atoms with Gasteiger partial charge in [0.25, 0.3) is 0 Å². The maximum Gasteiger partial charge on any atom is 0.119 e. The van der Waals surface area contributed by atoms with E-state index in [9.17, 15) is 0 Å². The molecule has 0 aliphatic carbocycles. The Morgan fingerprint density at radius 3 is 2.27 bits per heavy atom. The summed E-state index contributed by atoms with van der Waals surface area (Å²) in [5, 5.41) is 0. The lowest BCUT2D eigenvalue weighted by molar-refractivity contribution is 0.189. The molecule has 0 spiro atoms. The van der Waals surface area contributed by atoms with Gasteiger partial charge in [-0.1, -0.05) is 6.92 Å². The summed E-state index contributed by atoms with van der Waals surface area (Å²) in [6, 6.07) is 7.62. The number of ether oxygens (including phenoxy) is 2. The first-order valence-corrected chi connectivity index (χ1v) is 5.31. The van der Waals surface area contributed by atoms with Crippen molar-refractivity contribution in [1.82, 2.24) is 0 Å². The molecular formula is C12H19NO2. The van der Waals surface area contributed by atoms with E-state index in [1.165, 1.54) is 0 Å². The van der Waals surface area contributed by atoms with Gasteiger partial charge in [0.15, 0.2) is 0 Å². The molecule has 1 rings (SSSR count). The molecule has 1 unspecified atom stereocenters. The predicted molar refractivity (Wildman–Crippen MR) is 61.4 cm³/mol. The highest BCUT2D eigenvalue weighted by Crippen LogP contribution is 2.19. The van der Waals surface area contributed by atoms with Crippen LogP contribution in [0.3, 0.4) is 0 Å². The molecule has 1 atom stereocenters.